The summed E-state index contributed by atoms with van der Waals surface area (Å²) in [6, 6.07) is 12.8. The second kappa shape index (κ2) is 5.02. The number of Topliss-reactive ketones (excluding diaryl/α,β-unsaturated/α-hetero) is 2. The monoisotopic (exact) mass is 259 g/mol. The topological polar surface area (TPSA) is 60.2 Å². The number of hydrogen-bond acceptors (Lipinski definition) is 3. The van der Waals surface area contributed by atoms with E-state index in [1.54, 1.807) is 30.3 Å². The van der Waals surface area contributed by atoms with Crippen molar-refractivity contribution in [2.75, 3.05) is 5.73 Å². The number of nitrogens with two attached hydrogens (primary N) is 1. The molecule has 18 heavy (non-hydrogen) atoms. The van der Waals surface area contributed by atoms with Crippen molar-refractivity contribution in [2.45, 2.75) is 0 Å². The Morgan fingerprint density at radius 3 is 2.11 bits per heavy atom. The molecule has 0 saturated heterocycles. The highest BCUT2D eigenvalue weighted by atomic mass is 35.5. The van der Waals surface area contributed by atoms with Crippen LogP contribution in [0, 0.1) is 0 Å². The average molecular weight is 260 g/mol. The van der Waals surface area contributed by atoms with Crippen LogP contribution in [0.3, 0.4) is 0 Å². The Balaban J connectivity index is 2.32. The third-order valence-corrected chi connectivity index (χ3v) is 2.83. The predicted octanol–water partition coefficient (Wildman–Crippen LogP) is 2.99. The first-order valence-corrected chi connectivity index (χ1v) is 5.66. The van der Waals surface area contributed by atoms with E-state index in [1.807, 2.05) is 0 Å². The highest BCUT2D eigenvalue weighted by molar-refractivity contribution is 6.49. The van der Waals surface area contributed by atoms with Crippen LogP contribution in [0.2, 0.25) is 5.02 Å². The molecule has 0 aromatic heterocycles. The molecule has 0 aliphatic carbocycles. The van der Waals surface area contributed by atoms with Gasteiger partial charge < -0.3 is 5.73 Å². The lowest BCUT2D eigenvalue weighted by Crippen LogP contribution is -2.14. The van der Waals surface area contributed by atoms with Crippen molar-refractivity contribution < 1.29 is 9.59 Å². The highest BCUT2D eigenvalue weighted by Gasteiger charge is 2.18. The van der Waals surface area contributed by atoms with Crippen molar-refractivity contribution in [1.82, 2.24) is 0 Å². The molecule has 0 aliphatic rings. The fourth-order valence-corrected chi connectivity index (χ4v) is 1.70. The molecule has 0 aliphatic heterocycles. The quantitative estimate of drug-likeness (QED) is 0.524. The molecular weight excluding hydrogens is 250 g/mol. The molecule has 3 nitrogen and oxygen atoms in total. The molecule has 2 aromatic carbocycles. The number of anilines is 1. The van der Waals surface area contributed by atoms with Gasteiger partial charge in [-0.3, -0.25) is 9.59 Å². The van der Waals surface area contributed by atoms with Crippen molar-refractivity contribution >= 4 is 28.9 Å². The van der Waals surface area contributed by atoms with Crippen molar-refractivity contribution in [3.63, 3.8) is 0 Å². The summed E-state index contributed by atoms with van der Waals surface area (Å²) in [7, 11) is 0. The number of benzene rings is 2. The second-order valence-corrected chi connectivity index (χ2v) is 4.17. The average Bonchev–Trinajstić information content (AvgIpc) is 2.41. The molecular formula is C14H10ClNO2. The summed E-state index contributed by atoms with van der Waals surface area (Å²) in [4.78, 5) is 23.9. The lowest BCUT2D eigenvalue weighted by atomic mass is 10.0. The largest absolute Gasteiger partial charge is 0.398 e. The third kappa shape index (κ3) is 2.41. The summed E-state index contributed by atoms with van der Waals surface area (Å²) in [5.74, 6) is -1.15. The van der Waals surface area contributed by atoms with Crippen LogP contribution in [-0.2, 0) is 0 Å². The van der Waals surface area contributed by atoms with Crippen LogP contribution in [-0.4, -0.2) is 11.6 Å². The molecule has 0 fully saturated rings. The highest BCUT2D eigenvalue weighted by Crippen LogP contribution is 2.20. The number of rotatable bonds is 3. The van der Waals surface area contributed by atoms with Crippen LogP contribution in [0.5, 0.6) is 0 Å². The molecule has 0 atom stereocenters. The van der Waals surface area contributed by atoms with Gasteiger partial charge in [-0.25, -0.2) is 0 Å². The lowest BCUT2D eigenvalue weighted by Gasteiger charge is -2.03. The Kier molecular flexibility index (Phi) is 3.44. The summed E-state index contributed by atoms with van der Waals surface area (Å²) in [5.41, 5.74) is 6.52. The van der Waals surface area contributed by atoms with E-state index in [9.17, 15) is 9.59 Å². The van der Waals surface area contributed by atoms with Crippen LogP contribution in [0.1, 0.15) is 20.7 Å². The van der Waals surface area contributed by atoms with Gasteiger partial charge in [0.05, 0.1) is 10.7 Å². The number of carbonyl (C=O) groups is 2. The maximum absolute atomic E-state index is 12.0. The van der Waals surface area contributed by atoms with Crippen LogP contribution < -0.4 is 5.73 Å². The van der Waals surface area contributed by atoms with Crippen LogP contribution in [0.4, 0.5) is 5.69 Å². The Morgan fingerprint density at radius 2 is 1.50 bits per heavy atom. The van der Waals surface area contributed by atoms with Gasteiger partial charge in [0.2, 0.25) is 11.6 Å². The smallest absolute Gasteiger partial charge is 0.233 e. The first kappa shape index (κ1) is 12.3. The summed E-state index contributed by atoms with van der Waals surface area (Å²) in [6.45, 7) is 0. The van der Waals surface area contributed by atoms with Gasteiger partial charge in [0.25, 0.3) is 0 Å². The second-order valence-electron chi connectivity index (χ2n) is 3.76. The summed E-state index contributed by atoms with van der Waals surface area (Å²) < 4.78 is 0. The minimum absolute atomic E-state index is 0.239. The van der Waals surface area contributed by atoms with Crippen molar-refractivity contribution in [3.8, 4) is 0 Å². The zero-order valence-corrected chi connectivity index (χ0v) is 10.1. The van der Waals surface area contributed by atoms with Crippen LogP contribution in [0.25, 0.3) is 0 Å². The normalized spacial score (nSPS) is 10.1. The fourth-order valence-electron chi connectivity index (χ4n) is 1.52. The molecule has 2 aromatic rings. The number of halogens is 1. The number of carbonyl (C=O) groups excluding carboxylic acids is 2. The molecule has 2 N–H and O–H groups in total. The molecule has 4 heteroatoms. The van der Waals surface area contributed by atoms with Gasteiger partial charge >= 0.3 is 0 Å². The molecule has 0 saturated carbocycles. The van der Waals surface area contributed by atoms with E-state index >= 15 is 0 Å². The van der Waals surface area contributed by atoms with Gasteiger partial charge in [-0.15, -0.1) is 0 Å². The maximum Gasteiger partial charge on any atom is 0.233 e. The minimum Gasteiger partial charge on any atom is -0.398 e. The molecule has 0 spiro atoms. The van der Waals surface area contributed by atoms with Crippen molar-refractivity contribution in [1.29, 1.82) is 0 Å². The number of nitrogen functional groups attached to an aromatic ring is 1. The van der Waals surface area contributed by atoms with Gasteiger partial charge in [0.1, 0.15) is 0 Å². The van der Waals surface area contributed by atoms with Crippen LogP contribution in [0.15, 0.2) is 48.5 Å². The van der Waals surface area contributed by atoms with Crippen LogP contribution >= 0.6 is 11.6 Å². The van der Waals surface area contributed by atoms with Gasteiger partial charge in [0.15, 0.2) is 0 Å². The summed E-state index contributed by atoms with van der Waals surface area (Å²) in [6.07, 6.45) is 0. The molecule has 0 unspecified atom stereocenters. The standard InChI is InChI=1S/C14H10ClNO2/c15-11-8-10(6-7-12(11)16)14(18)13(17)9-4-2-1-3-5-9/h1-8H,16H2. The maximum atomic E-state index is 12.0. The van der Waals surface area contributed by atoms with E-state index < -0.39 is 11.6 Å². The van der Waals surface area contributed by atoms with Gasteiger partial charge in [-0.2, -0.15) is 0 Å². The Morgan fingerprint density at radius 1 is 0.889 bits per heavy atom. The zero-order valence-electron chi connectivity index (χ0n) is 9.39. The van der Waals surface area contributed by atoms with E-state index in [0.717, 1.165) is 0 Å². The first-order chi connectivity index (χ1) is 8.59. The van der Waals surface area contributed by atoms with Gasteiger partial charge in [0, 0.05) is 11.1 Å². The first-order valence-electron chi connectivity index (χ1n) is 5.28. The molecule has 0 heterocycles. The molecule has 90 valence electrons. The Bertz CT molecular complexity index is 608. The summed E-state index contributed by atoms with van der Waals surface area (Å²) in [5, 5.41) is 0.265. The number of hydrogen-bond donors (Lipinski definition) is 1. The van der Waals surface area contributed by atoms with Crippen molar-refractivity contribution in [2.24, 2.45) is 0 Å². The van der Waals surface area contributed by atoms with Gasteiger partial charge in [-0.05, 0) is 18.2 Å². The fraction of sp³-hybridized carbons (Fsp3) is 0. The predicted molar refractivity (Wildman–Crippen MR) is 71.0 cm³/mol. The number of ketones is 2. The molecule has 2 rings (SSSR count). The van der Waals surface area contributed by atoms with E-state index in [4.69, 9.17) is 17.3 Å². The van der Waals surface area contributed by atoms with E-state index in [1.165, 1.54) is 18.2 Å². The minimum atomic E-state index is -0.594. The lowest BCUT2D eigenvalue weighted by molar-refractivity contribution is 0.0817. The third-order valence-electron chi connectivity index (χ3n) is 2.50. The summed E-state index contributed by atoms with van der Waals surface area (Å²) >= 11 is 5.82. The van der Waals surface area contributed by atoms with Crippen molar-refractivity contribution in [3.05, 3.63) is 64.7 Å². The van der Waals surface area contributed by atoms with E-state index in [-0.39, 0.29) is 10.6 Å². The zero-order chi connectivity index (χ0) is 13.1. The molecule has 0 amide bonds. The van der Waals surface area contributed by atoms with Gasteiger partial charge in [-0.1, -0.05) is 41.9 Å². The Labute approximate surface area is 109 Å². The SMILES string of the molecule is Nc1ccc(C(=O)C(=O)c2ccccc2)cc1Cl. The molecule has 0 bridgehead atoms. The van der Waals surface area contributed by atoms with E-state index in [2.05, 4.69) is 0 Å². The van der Waals surface area contributed by atoms with E-state index in [0.29, 0.717) is 11.3 Å². The Hall–Kier alpha value is -2.13. The molecule has 0 radical (unpaired) electrons.